The van der Waals surface area contributed by atoms with Gasteiger partial charge in [-0.05, 0) is 36.4 Å². The fraction of sp³-hybridized carbons (Fsp3) is 0.917. The van der Waals surface area contributed by atoms with Crippen molar-refractivity contribution < 1.29 is 0 Å². The first kappa shape index (κ1) is 14.7. The molecule has 1 N–H and O–H groups in total. The summed E-state index contributed by atoms with van der Waals surface area (Å²) in [6, 6.07) is 0.503. The maximum absolute atomic E-state index is 4.10. The molecule has 6 nitrogen and oxygen atoms in total. The molecule has 7 heteroatoms. The molecule has 0 aromatic carbocycles. The molecular formula is C12H24N6S. The van der Waals surface area contributed by atoms with Crippen LogP contribution in [0.25, 0.3) is 0 Å². The highest BCUT2D eigenvalue weighted by molar-refractivity contribution is 7.99. The van der Waals surface area contributed by atoms with Crippen LogP contribution in [0.1, 0.15) is 26.7 Å². The second kappa shape index (κ2) is 7.81. The van der Waals surface area contributed by atoms with E-state index in [-0.39, 0.29) is 0 Å². The molecular weight excluding hydrogens is 260 g/mol. The number of nitrogens with zero attached hydrogens (tertiary/aromatic N) is 5. The number of rotatable bonds is 8. The standard InChI is InChI=1S/C12H24N6S/c1-11(2)13-5-8-18-12(14-15-16-18)19-10-9-17-6-3-4-7-17/h11,13H,3-10H2,1-2H3. The summed E-state index contributed by atoms with van der Waals surface area (Å²) in [5.41, 5.74) is 0. The minimum atomic E-state index is 0.503. The van der Waals surface area contributed by atoms with Gasteiger partial charge in [-0.3, -0.25) is 0 Å². The highest BCUT2D eigenvalue weighted by Crippen LogP contribution is 2.15. The second-order valence-corrected chi connectivity index (χ2v) is 6.25. The molecule has 0 atom stereocenters. The highest BCUT2D eigenvalue weighted by Gasteiger charge is 2.12. The third-order valence-electron chi connectivity index (χ3n) is 3.21. The van der Waals surface area contributed by atoms with Gasteiger partial charge in [-0.15, -0.1) is 5.10 Å². The van der Waals surface area contributed by atoms with E-state index in [1.807, 2.05) is 4.68 Å². The van der Waals surface area contributed by atoms with Crippen molar-refractivity contribution in [2.45, 2.75) is 44.4 Å². The summed E-state index contributed by atoms with van der Waals surface area (Å²) in [5, 5.41) is 16.2. The largest absolute Gasteiger partial charge is 0.313 e. The molecule has 19 heavy (non-hydrogen) atoms. The average molecular weight is 284 g/mol. The predicted octanol–water partition coefficient (Wildman–Crippen LogP) is 0.859. The van der Waals surface area contributed by atoms with Gasteiger partial charge in [-0.25, -0.2) is 4.68 Å². The zero-order valence-corrected chi connectivity index (χ0v) is 12.7. The molecule has 0 bridgehead atoms. The zero-order chi connectivity index (χ0) is 13.5. The lowest BCUT2D eigenvalue weighted by Gasteiger charge is -2.13. The number of tetrazole rings is 1. The Hall–Kier alpha value is -0.660. The van der Waals surface area contributed by atoms with Crippen LogP contribution in [0.3, 0.4) is 0 Å². The Kier molecular flexibility index (Phi) is 6.06. The fourth-order valence-electron chi connectivity index (χ4n) is 2.17. The maximum Gasteiger partial charge on any atom is 0.209 e. The molecule has 108 valence electrons. The van der Waals surface area contributed by atoms with E-state index in [1.54, 1.807) is 11.8 Å². The van der Waals surface area contributed by atoms with Gasteiger partial charge in [0.05, 0.1) is 6.54 Å². The number of hydrogen-bond donors (Lipinski definition) is 1. The van der Waals surface area contributed by atoms with Crippen LogP contribution < -0.4 is 5.32 Å². The van der Waals surface area contributed by atoms with Crippen LogP contribution in [0.4, 0.5) is 0 Å². The summed E-state index contributed by atoms with van der Waals surface area (Å²) in [7, 11) is 0. The summed E-state index contributed by atoms with van der Waals surface area (Å²) in [4.78, 5) is 2.52. The van der Waals surface area contributed by atoms with Gasteiger partial charge in [-0.2, -0.15) is 0 Å². The molecule has 1 saturated heterocycles. The lowest BCUT2D eigenvalue weighted by atomic mass is 10.4. The summed E-state index contributed by atoms with van der Waals surface area (Å²) in [6.07, 6.45) is 2.70. The monoisotopic (exact) mass is 284 g/mol. The van der Waals surface area contributed by atoms with E-state index in [0.717, 1.165) is 30.5 Å². The quantitative estimate of drug-likeness (QED) is 0.715. The van der Waals surface area contributed by atoms with Crippen LogP contribution in [0.5, 0.6) is 0 Å². The van der Waals surface area contributed by atoms with Gasteiger partial charge < -0.3 is 10.2 Å². The van der Waals surface area contributed by atoms with Crippen molar-refractivity contribution in [3.05, 3.63) is 0 Å². The summed E-state index contributed by atoms with van der Waals surface area (Å²) in [6.45, 7) is 9.67. The minimum absolute atomic E-state index is 0.503. The molecule has 2 heterocycles. The van der Waals surface area contributed by atoms with Crippen LogP contribution in [0, 0.1) is 0 Å². The van der Waals surface area contributed by atoms with E-state index >= 15 is 0 Å². The molecule has 1 aliphatic rings. The van der Waals surface area contributed by atoms with E-state index in [0.29, 0.717) is 6.04 Å². The van der Waals surface area contributed by atoms with E-state index in [2.05, 4.69) is 39.6 Å². The van der Waals surface area contributed by atoms with Gasteiger partial charge >= 0.3 is 0 Å². The van der Waals surface area contributed by atoms with Crippen LogP contribution in [0.2, 0.25) is 0 Å². The molecule has 1 aliphatic heterocycles. The Morgan fingerprint density at radius 3 is 2.79 bits per heavy atom. The predicted molar refractivity (Wildman–Crippen MR) is 77.4 cm³/mol. The van der Waals surface area contributed by atoms with Crippen molar-refractivity contribution >= 4 is 11.8 Å². The Morgan fingerprint density at radius 2 is 2.05 bits per heavy atom. The lowest BCUT2D eigenvalue weighted by Crippen LogP contribution is -2.27. The average Bonchev–Trinajstić information content (AvgIpc) is 3.01. The van der Waals surface area contributed by atoms with Gasteiger partial charge in [-0.1, -0.05) is 25.6 Å². The van der Waals surface area contributed by atoms with E-state index in [1.165, 1.54) is 25.9 Å². The summed E-state index contributed by atoms with van der Waals surface area (Å²) < 4.78 is 1.89. The molecule has 0 radical (unpaired) electrons. The minimum Gasteiger partial charge on any atom is -0.313 e. The van der Waals surface area contributed by atoms with Gasteiger partial charge in [0.2, 0.25) is 5.16 Å². The van der Waals surface area contributed by atoms with Gasteiger partial charge in [0.1, 0.15) is 0 Å². The Labute approximate surface area is 119 Å². The normalized spacial score (nSPS) is 16.6. The Morgan fingerprint density at radius 1 is 1.26 bits per heavy atom. The van der Waals surface area contributed by atoms with Gasteiger partial charge in [0, 0.05) is 24.9 Å². The van der Waals surface area contributed by atoms with Crippen molar-refractivity contribution in [3.63, 3.8) is 0 Å². The number of aromatic nitrogens is 4. The van der Waals surface area contributed by atoms with Crippen molar-refractivity contribution in [3.8, 4) is 0 Å². The van der Waals surface area contributed by atoms with Gasteiger partial charge in [0.25, 0.3) is 0 Å². The molecule has 0 unspecified atom stereocenters. The fourth-order valence-corrected chi connectivity index (χ4v) is 3.07. The Bertz CT molecular complexity index is 361. The van der Waals surface area contributed by atoms with Crippen molar-refractivity contribution in [2.24, 2.45) is 0 Å². The van der Waals surface area contributed by atoms with Gasteiger partial charge in [0.15, 0.2) is 0 Å². The molecule has 1 aromatic rings. The van der Waals surface area contributed by atoms with Crippen LogP contribution in [-0.4, -0.2) is 63.1 Å². The topological polar surface area (TPSA) is 58.9 Å². The van der Waals surface area contributed by atoms with Crippen LogP contribution in [0.15, 0.2) is 5.16 Å². The van der Waals surface area contributed by atoms with Crippen molar-refractivity contribution in [1.82, 2.24) is 30.4 Å². The smallest absolute Gasteiger partial charge is 0.209 e. The molecule has 2 rings (SSSR count). The molecule has 1 aromatic heterocycles. The van der Waals surface area contributed by atoms with E-state index < -0.39 is 0 Å². The first-order chi connectivity index (χ1) is 9.25. The summed E-state index contributed by atoms with van der Waals surface area (Å²) >= 11 is 1.76. The molecule has 0 saturated carbocycles. The summed E-state index contributed by atoms with van der Waals surface area (Å²) in [5.74, 6) is 1.07. The number of nitrogens with one attached hydrogen (secondary N) is 1. The second-order valence-electron chi connectivity index (χ2n) is 5.19. The third kappa shape index (κ3) is 5.08. The van der Waals surface area contributed by atoms with E-state index in [4.69, 9.17) is 0 Å². The molecule has 0 aliphatic carbocycles. The number of thioether (sulfide) groups is 1. The number of hydrogen-bond acceptors (Lipinski definition) is 6. The zero-order valence-electron chi connectivity index (χ0n) is 11.9. The molecule has 0 amide bonds. The number of likely N-dealkylation sites (tertiary alicyclic amines) is 1. The third-order valence-corrected chi connectivity index (χ3v) is 4.15. The lowest BCUT2D eigenvalue weighted by molar-refractivity contribution is 0.361. The van der Waals surface area contributed by atoms with E-state index in [9.17, 15) is 0 Å². The first-order valence-electron chi connectivity index (χ1n) is 7.10. The highest BCUT2D eigenvalue weighted by atomic mass is 32.2. The first-order valence-corrected chi connectivity index (χ1v) is 8.09. The SMILES string of the molecule is CC(C)NCCn1nnnc1SCCN1CCCC1. The Balaban J connectivity index is 1.69. The molecule has 0 spiro atoms. The van der Waals surface area contributed by atoms with Crippen LogP contribution >= 0.6 is 11.8 Å². The maximum atomic E-state index is 4.10. The van der Waals surface area contributed by atoms with Crippen molar-refractivity contribution in [2.75, 3.05) is 31.9 Å². The van der Waals surface area contributed by atoms with Crippen molar-refractivity contribution in [1.29, 1.82) is 0 Å². The molecule has 1 fully saturated rings. The van der Waals surface area contributed by atoms with Crippen LogP contribution in [-0.2, 0) is 6.54 Å².